The SMILES string of the molecule is C=CCC(N)C(=O)n1cccc1C(N)=O. The van der Waals surface area contributed by atoms with Gasteiger partial charge in [-0.3, -0.25) is 14.2 Å². The number of nitrogens with two attached hydrogens (primary N) is 2. The molecule has 0 bridgehead atoms. The molecule has 1 rings (SSSR count). The molecule has 1 aromatic rings. The summed E-state index contributed by atoms with van der Waals surface area (Å²) in [5, 5.41) is 0. The van der Waals surface area contributed by atoms with Crippen LogP contribution in [0, 0.1) is 0 Å². The normalized spacial score (nSPS) is 12.1. The third-order valence-corrected chi connectivity index (χ3v) is 1.98. The van der Waals surface area contributed by atoms with Crippen molar-refractivity contribution in [3.8, 4) is 0 Å². The van der Waals surface area contributed by atoms with Gasteiger partial charge in [0.25, 0.3) is 5.91 Å². The quantitative estimate of drug-likeness (QED) is 0.687. The van der Waals surface area contributed by atoms with E-state index < -0.39 is 11.9 Å². The Morgan fingerprint density at radius 3 is 2.80 bits per heavy atom. The summed E-state index contributed by atoms with van der Waals surface area (Å²) in [5.74, 6) is -1.02. The molecule has 5 nitrogen and oxygen atoms in total. The molecule has 0 spiro atoms. The lowest BCUT2D eigenvalue weighted by Gasteiger charge is -2.10. The van der Waals surface area contributed by atoms with Crippen LogP contribution in [0.3, 0.4) is 0 Å². The largest absolute Gasteiger partial charge is 0.364 e. The Morgan fingerprint density at radius 2 is 2.27 bits per heavy atom. The summed E-state index contributed by atoms with van der Waals surface area (Å²) in [6.45, 7) is 3.49. The van der Waals surface area contributed by atoms with Crippen LogP contribution in [0.25, 0.3) is 0 Å². The Balaban J connectivity index is 2.95. The van der Waals surface area contributed by atoms with Crippen LogP contribution >= 0.6 is 0 Å². The van der Waals surface area contributed by atoms with Gasteiger partial charge < -0.3 is 11.5 Å². The molecule has 0 fully saturated rings. The summed E-state index contributed by atoms with van der Waals surface area (Å²) in [6, 6.07) is 2.34. The lowest BCUT2D eigenvalue weighted by molar-refractivity contribution is 0.0859. The predicted octanol–water partition coefficient (Wildman–Crippen LogP) is 0.131. The second kappa shape index (κ2) is 4.56. The Morgan fingerprint density at radius 1 is 1.60 bits per heavy atom. The van der Waals surface area contributed by atoms with E-state index in [9.17, 15) is 9.59 Å². The van der Waals surface area contributed by atoms with Crippen LogP contribution in [-0.2, 0) is 0 Å². The molecule has 0 aromatic carbocycles. The number of carbonyl (C=O) groups is 2. The van der Waals surface area contributed by atoms with Crippen LogP contribution in [0.15, 0.2) is 31.0 Å². The Hall–Kier alpha value is -1.88. The van der Waals surface area contributed by atoms with E-state index in [0.717, 1.165) is 4.57 Å². The molecular weight excluding hydrogens is 194 g/mol. The van der Waals surface area contributed by atoms with Crippen LogP contribution < -0.4 is 11.5 Å². The van der Waals surface area contributed by atoms with Gasteiger partial charge in [0, 0.05) is 6.20 Å². The van der Waals surface area contributed by atoms with Crippen molar-refractivity contribution in [1.82, 2.24) is 4.57 Å². The van der Waals surface area contributed by atoms with Gasteiger partial charge in [-0.1, -0.05) is 6.08 Å². The Labute approximate surface area is 87.4 Å². The zero-order valence-electron chi connectivity index (χ0n) is 8.22. The molecule has 1 aromatic heterocycles. The molecule has 0 radical (unpaired) electrons. The van der Waals surface area contributed by atoms with E-state index >= 15 is 0 Å². The van der Waals surface area contributed by atoms with Crippen molar-refractivity contribution in [1.29, 1.82) is 0 Å². The third-order valence-electron chi connectivity index (χ3n) is 1.98. The molecule has 1 heterocycles. The maximum absolute atomic E-state index is 11.7. The first-order chi connectivity index (χ1) is 7.07. The van der Waals surface area contributed by atoms with Crippen LogP contribution in [0.2, 0.25) is 0 Å². The van der Waals surface area contributed by atoms with E-state index in [0.29, 0.717) is 6.42 Å². The molecule has 0 aliphatic rings. The first-order valence-electron chi connectivity index (χ1n) is 4.45. The molecule has 1 amide bonds. The zero-order valence-corrected chi connectivity index (χ0v) is 8.22. The minimum atomic E-state index is -0.701. The van der Waals surface area contributed by atoms with Crippen molar-refractivity contribution in [3.05, 3.63) is 36.7 Å². The number of hydrogen-bond acceptors (Lipinski definition) is 3. The fraction of sp³-hybridized carbons (Fsp3) is 0.200. The molecular formula is C10H13N3O2. The molecule has 1 atom stereocenters. The first kappa shape index (κ1) is 11.2. The highest BCUT2D eigenvalue weighted by Gasteiger charge is 2.18. The van der Waals surface area contributed by atoms with Gasteiger partial charge in [0.2, 0.25) is 5.91 Å². The molecule has 15 heavy (non-hydrogen) atoms. The molecule has 5 heteroatoms. The standard InChI is InChI=1S/C10H13N3O2/c1-2-4-7(11)10(15)13-6-3-5-8(13)9(12)14/h2-3,5-7H,1,4,11H2,(H2,12,14). The van der Waals surface area contributed by atoms with Crippen LogP contribution in [-0.4, -0.2) is 22.4 Å². The summed E-state index contributed by atoms with van der Waals surface area (Å²) in [7, 11) is 0. The predicted molar refractivity (Wildman–Crippen MR) is 56.4 cm³/mol. The van der Waals surface area contributed by atoms with Crippen molar-refractivity contribution < 1.29 is 9.59 Å². The van der Waals surface area contributed by atoms with Crippen molar-refractivity contribution in [2.75, 3.05) is 0 Å². The molecule has 0 aliphatic heterocycles. The van der Waals surface area contributed by atoms with Gasteiger partial charge in [0.1, 0.15) is 5.69 Å². The number of aromatic nitrogens is 1. The van der Waals surface area contributed by atoms with E-state index in [1.54, 1.807) is 12.1 Å². The van der Waals surface area contributed by atoms with Gasteiger partial charge in [-0.05, 0) is 18.6 Å². The summed E-state index contributed by atoms with van der Waals surface area (Å²) < 4.78 is 1.16. The molecule has 0 saturated carbocycles. The highest BCUT2D eigenvalue weighted by Crippen LogP contribution is 2.04. The molecule has 80 valence electrons. The fourth-order valence-corrected chi connectivity index (χ4v) is 1.23. The van der Waals surface area contributed by atoms with Crippen LogP contribution in [0.1, 0.15) is 21.7 Å². The lowest BCUT2D eigenvalue weighted by Crippen LogP contribution is -2.36. The summed E-state index contributed by atoms with van der Waals surface area (Å²) >= 11 is 0. The van der Waals surface area contributed by atoms with E-state index in [1.165, 1.54) is 12.3 Å². The van der Waals surface area contributed by atoms with E-state index in [4.69, 9.17) is 11.5 Å². The smallest absolute Gasteiger partial charge is 0.265 e. The molecule has 4 N–H and O–H groups in total. The minimum Gasteiger partial charge on any atom is -0.364 e. The van der Waals surface area contributed by atoms with Crippen molar-refractivity contribution in [2.24, 2.45) is 11.5 Å². The lowest BCUT2D eigenvalue weighted by atomic mass is 10.2. The van der Waals surface area contributed by atoms with E-state index in [2.05, 4.69) is 6.58 Å². The molecule has 1 unspecified atom stereocenters. The fourth-order valence-electron chi connectivity index (χ4n) is 1.23. The summed E-state index contributed by atoms with van der Waals surface area (Å²) in [5.41, 5.74) is 10.8. The highest BCUT2D eigenvalue weighted by molar-refractivity contribution is 5.97. The topological polar surface area (TPSA) is 91.1 Å². The highest BCUT2D eigenvalue weighted by atomic mass is 16.2. The van der Waals surface area contributed by atoms with Gasteiger partial charge in [-0.2, -0.15) is 0 Å². The molecule has 0 saturated heterocycles. The van der Waals surface area contributed by atoms with Crippen molar-refractivity contribution in [3.63, 3.8) is 0 Å². The first-order valence-corrected chi connectivity index (χ1v) is 4.45. The monoisotopic (exact) mass is 207 g/mol. The number of hydrogen-bond donors (Lipinski definition) is 2. The second-order valence-electron chi connectivity index (χ2n) is 3.10. The average Bonchev–Trinajstić information content (AvgIpc) is 2.65. The van der Waals surface area contributed by atoms with Crippen LogP contribution in [0.5, 0.6) is 0 Å². The number of nitrogens with zero attached hydrogens (tertiary/aromatic N) is 1. The van der Waals surface area contributed by atoms with Gasteiger partial charge >= 0.3 is 0 Å². The number of amides is 1. The summed E-state index contributed by atoms with van der Waals surface area (Å²) in [4.78, 5) is 22.7. The zero-order chi connectivity index (χ0) is 11.4. The van der Waals surface area contributed by atoms with E-state index in [1.807, 2.05) is 0 Å². The van der Waals surface area contributed by atoms with Gasteiger partial charge in [0.05, 0.1) is 6.04 Å². The average molecular weight is 207 g/mol. The minimum absolute atomic E-state index is 0.138. The van der Waals surface area contributed by atoms with Crippen molar-refractivity contribution in [2.45, 2.75) is 12.5 Å². The number of carbonyl (C=O) groups excluding carboxylic acids is 2. The van der Waals surface area contributed by atoms with Gasteiger partial charge in [-0.15, -0.1) is 6.58 Å². The Bertz CT molecular complexity index is 395. The maximum Gasteiger partial charge on any atom is 0.265 e. The van der Waals surface area contributed by atoms with Crippen LogP contribution in [0.4, 0.5) is 0 Å². The van der Waals surface area contributed by atoms with Crippen molar-refractivity contribution >= 4 is 11.8 Å². The maximum atomic E-state index is 11.7. The Kier molecular flexibility index (Phi) is 3.41. The third kappa shape index (κ3) is 2.32. The van der Waals surface area contributed by atoms with E-state index in [-0.39, 0.29) is 11.6 Å². The number of rotatable bonds is 4. The summed E-state index contributed by atoms with van der Waals surface area (Å²) in [6.07, 6.45) is 3.37. The van der Waals surface area contributed by atoms with Gasteiger partial charge in [-0.25, -0.2) is 0 Å². The molecule has 0 aliphatic carbocycles. The van der Waals surface area contributed by atoms with Gasteiger partial charge in [0.15, 0.2) is 0 Å². The number of primary amides is 1. The second-order valence-corrected chi connectivity index (χ2v) is 3.10.